The van der Waals surface area contributed by atoms with Crippen molar-refractivity contribution in [2.24, 2.45) is 5.73 Å². The second-order valence-corrected chi connectivity index (χ2v) is 3.74. The van der Waals surface area contributed by atoms with E-state index in [1.807, 2.05) is 13.8 Å². The first-order chi connectivity index (χ1) is 6.97. The molecule has 4 N–H and O–H groups in total. The number of carboxylic acids is 1. The minimum atomic E-state index is -0.931. The second kappa shape index (κ2) is 7.23. The molecule has 2 unspecified atom stereocenters. The topological polar surface area (TPSA) is 92.4 Å². The Balaban J connectivity index is 3.82. The third-order valence-corrected chi connectivity index (χ3v) is 2.12. The molecular formula is C10H20N2O3. The molecule has 0 saturated heterocycles. The fourth-order valence-corrected chi connectivity index (χ4v) is 1.27. The van der Waals surface area contributed by atoms with Crippen molar-refractivity contribution in [1.29, 1.82) is 0 Å². The van der Waals surface area contributed by atoms with E-state index in [-0.39, 0.29) is 24.8 Å². The molecule has 1 amide bonds. The predicted molar refractivity (Wildman–Crippen MR) is 57.4 cm³/mol. The van der Waals surface area contributed by atoms with Gasteiger partial charge in [0.1, 0.15) is 0 Å². The van der Waals surface area contributed by atoms with E-state index < -0.39 is 12.0 Å². The van der Waals surface area contributed by atoms with E-state index in [9.17, 15) is 9.59 Å². The summed E-state index contributed by atoms with van der Waals surface area (Å²) in [6.07, 6.45) is 2.00. The van der Waals surface area contributed by atoms with Gasteiger partial charge in [-0.1, -0.05) is 13.3 Å². The molecule has 0 aliphatic rings. The van der Waals surface area contributed by atoms with Gasteiger partial charge in [-0.15, -0.1) is 0 Å². The van der Waals surface area contributed by atoms with Crippen LogP contribution in [0, 0.1) is 0 Å². The summed E-state index contributed by atoms with van der Waals surface area (Å²) in [5.41, 5.74) is 5.53. The highest BCUT2D eigenvalue weighted by atomic mass is 16.4. The van der Waals surface area contributed by atoms with Crippen LogP contribution in [0.15, 0.2) is 0 Å². The molecule has 0 bridgehead atoms. The molecule has 15 heavy (non-hydrogen) atoms. The van der Waals surface area contributed by atoms with Crippen LogP contribution in [-0.4, -0.2) is 29.1 Å². The zero-order valence-electron chi connectivity index (χ0n) is 9.32. The van der Waals surface area contributed by atoms with Crippen molar-refractivity contribution in [3.05, 3.63) is 0 Å². The van der Waals surface area contributed by atoms with Crippen molar-refractivity contribution in [2.45, 2.75) is 51.6 Å². The van der Waals surface area contributed by atoms with E-state index in [0.717, 1.165) is 12.8 Å². The Morgan fingerprint density at radius 2 is 2.00 bits per heavy atom. The lowest BCUT2D eigenvalue weighted by Gasteiger charge is -2.16. The third-order valence-electron chi connectivity index (χ3n) is 2.12. The first-order valence-electron chi connectivity index (χ1n) is 5.25. The van der Waals surface area contributed by atoms with Crippen LogP contribution in [0.2, 0.25) is 0 Å². The molecule has 0 aliphatic carbocycles. The Morgan fingerprint density at radius 1 is 1.40 bits per heavy atom. The van der Waals surface area contributed by atoms with Crippen molar-refractivity contribution in [3.63, 3.8) is 0 Å². The normalized spacial score (nSPS) is 14.3. The number of amides is 1. The summed E-state index contributed by atoms with van der Waals surface area (Å²) in [7, 11) is 0. The van der Waals surface area contributed by atoms with E-state index in [0.29, 0.717) is 0 Å². The van der Waals surface area contributed by atoms with Gasteiger partial charge in [0.25, 0.3) is 0 Å². The number of hydrogen-bond donors (Lipinski definition) is 3. The summed E-state index contributed by atoms with van der Waals surface area (Å²) in [5.74, 6) is -1.20. The highest BCUT2D eigenvalue weighted by Gasteiger charge is 2.16. The van der Waals surface area contributed by atoms with Gasteiger partial charge in [-0.3, -0.25) is 9.59 Å². The molecule has 0 fully saturated rings. The predicted octanol–water partition coefficient (Wildman–Crippen LogP) is 0.483. The van der Waals surface area contributed by atoms with Gasteiger partial charge in [-0.2, -0.15) is 0 Å². The monoisotopic (exact) mass is 216 g/mol. The number of rotatable bonds is 7. The molecule has 0 aromatic heterocycles. The lowest BCUT2D eigenvalue weighted by atomic mass is 10.1. The van der Waals surface area contributed by atoms with Crippen molar-refractivity contribution in [2.75, 3.05) is 0 Å². The fourth-order valence-electron chi connectivity index (χ4n) is 1.27. The molecule has 0 aromatic carbocycles. The largest absolute Gasteiger partial charge is 0.481 e. The molecule has 0 spiro atoms. The van der Waals surface area contributed by atoms with Crippen molar-refractivity contribution in [1.82, 2.24) is 5.32 Å². The van der Waals surface area contributed by atoms with Crippen LogP contribution in [0.4, 0.5) is 0 Å². The Kier molecular flexibility index (Phi) is 6.70. The Morgan fingerprint density at radius 3 is 2.47 bits per heavy atom. The smallest absolute Gasteiger partial charge is 0.303 e. The molecule has 0 aliphatic heterocycles. The zero-order chi connectivity index (χ0) is 11.8. The summed E-state index contributed by atoms with van der Waals surface area (Å²) in [6, 6.07) is -0.626. The van der Waals surface area contributed by atoms with E-state index in [4.69, 9.17) is 10.8 Å². The number of carboxylic acid groups (broad SMARTS) is 1. The van der Waals surface area contributed by atoms with Crippen LogP contribution in [0.5, 0.6) is 0 Å². The molecular weight excluding hydrogens is 196 g/mol. The highest BCUT2D eigenvalue weighted by Crippen LogP contribution is 1.98. The van der Waals surface area contributed by atoms with Gasteiger partial charge in [0.15, 0.2) is 0 Å². The molecule has 88 valence electrons. The Hall–Kier alpha value is -1.10. The van der Waals surface area contributed by atoms with E-state index >= 15 is 0 Å². The number of hydrogen-bond acceptors (Lipinski definition) is 3. The molecule has 5 heteroatoms. The van der Waals surface area contributed by atoms with Gasteiger partial charge in [0.05, 0.1) is 6.04 Å². The number of carbonyl (C=O) groups is 2. The third kappa shape index (κ3) is 6.90. The number of carbonyl (C=O) groups excluding carboxylic acids is 1. The molecule has 0 rings (SSSR count). The van der Waals surface area contributed by atoms with Crippen molar-refractivity contribution >= 4 is 11.9 Å². The molecule has 5 nitrogen and oxygen atoms in total. The SMILES string of the molecule is CCCC(C)NC(=O)C(N)CCC(=O)O. The van der Waals surface area contributed by atoms with Crippen LogP contribution >= 0.6 is 0 Å². The van der Waals surface area contributed by atoms with Crippen LogP contribution < -0.4 is 11.1 Å². The fraction of sp³-hybridized carbons (Fsp3) is 0.800. The van der Waals surface area contributed by atoms with Gasteiger partial charge in [-0.05, 0) is 19.8 Å². The number of aliphatic carboxylic acids is 1. The lowest BCUT2D eigenvalue weighted by Crippen LogP contribution is -2.44. The van der Waals surface area contributed by atoms with E-state index in [2.05, 4.69) is 5.32 Å². The summed E-state index contributed by atoms with van der Waals surface area (Å²) >= 11 is 0. The number of nitrogens with one attached hydrogen (secondary N) is 1. The Bertz CT molecular complexity index is 219. The van der Waals surface area contributed by atoms with E-state index in [1.165, 1.54) is 0 Å². The molecule has 0 aromatic rings. The minimum absolute atomic E-state index is 0.0727. The van der Waals surface area contributed by atoms with Gasteiger partial charge >= 0.3 is 5.97 Å². The van der Waals surface area contributed by atoms with Gasteiger partial charge in [-0.25, -0.2) is 0 Å². The second-order valence-electron chi connectivity index (χ2n) is 3.74. The summed E-state index contributed by atoms with van der Waals surface area (Å²) < 4.78 is 0. The van der Waals surface area contributed by atoms with Crippen LogP contribution in [0.1, 0.15) is 39.5 Å². The maximum atomic E-state index is 11.4. The van der Waals surface area contributed by atoms with Crippen molar-refractivity contribution in [3.8, 4) is 0 Å². The molecule has 0 radical (unpaired) electrons. The standard InChI is InChI=1S/C10H20N2O3/c1-3-4-7(2)12-10(15)8(11)5-6-9(13)14/h7-8H,3-6,11H2,1-2H3,(H,12,15)(H,13,14). The summed E-state index contributed by atoms with van der Waals surface area (Å²) in [4.78, 5) is 21.7. The van der Waals surface area contributed by atoms with E-state index in [1.54, 1.807) is 0 Å². The maximum absolute atomic E-state index is 11.4. The zero-order valence-corrected chi connectivity index (χ0v) is 9.32. The van der Waals surface area contributed by atoms with Crippen LogP contribution in [-0.2, 0) is 9.59 Å². The molecule has 0 saturated carbocycles. The van der Waals surface area contributed by atoms with Crippen LogP contribution in [0.3, 0.4) is 0 Å². The average molecular weight is 216 g/mol. The first-order valence-corrected chi connectivity index (χ1v) is 5.25. The van der Waals surface area contributed by atoms with Gasteiger partial charge in [0.2, 0.25) is 5.91 Å². The first kappa shape index (κ1) is 13.9. The average Bonchev–Trinajstić information content (AvgIpc) is 2.14. The quantitative estimate of drug-likeness (QED) is 0.577. The van der Waals surface area contributed by atoms with Gasteiger partial charge < -0.3 is 16.2 Å². The van der Waals surface area contributed by atoms with Crippen molar-refractivity contribution < 1.29 is 14.7 Å². The van der Waals surface area contributed by atoms with Gasteiger partial charge in [0, 0.05) is 12.5 Å². The minimum Gasteiger partial charge on any atom is -0.481 e. The summed E-state index contributed by atoms with van der Waals surface area (Å²) in [5, 5.41) is 11.2. The highest BCUT2D eigenvalue weighted by molar-refractivity contribution is 5.82. The summed E-state index contributed by atoms with van der Waals surface area (Å²) in [6.45, 7) is 3.94. The molecule has 0 heterocycles. The van der Waals surface area contributed by atoms with Crippen LogP contribution in [0.25, 0.3) is 0 Å². The lowest BCUT2D eigenvalue weighted by molar-refractivity contribution is -0.137. The number of nitrogens with two attached hydrogens (primary N) is 1. The molecule has 2 atom stereocenters. The maximum Gasteiger partial charge on any atom is 0.303 e. The Labute approximate surface area is 90.0 Å².